The maximum absolute atomic E-state index is 10.9. The smallest absolute Gasteiger partial charge is 0.472 e. The monoisotopic (exact) mass is 350 g/mol. The van der Waals surface area contributed by atoms with Crippen LogP contribution in [-0.4, -0.2) is 22.0 Å². The molecule has 1 aromatic carbocycles. The molecule has 3 aromatic rings. The van der Waals surface area contributed by atoms with Crippen molar-refractivity contribution in [2.24, 2.45) is 0 Å². The summed E-state index contributed by atoms with van der Waals surface area (Å²) in [6, 6.07) is 7.22. The first-order chi connectivity index (χ1) is 11.1. The fourth-order valence-electron chi connectivity index (χ4n) is 2.07. The summed E-state index contributed by atoms with van der Waals surface area (Å²) in [6.45, 7) is 0.419. The minimum atomic E-state index is -0.603. The zero-order valence-electron chi connectivity index (χ0n) is 11.9. The summed E-state index contributed by atoms with van der Waals surface area (Å²) in [5, 5.41) is 17.1. The van der Waals surface area contributed by atoms with E-state index in [1.165, 1.54) is 11.3 Å². The van der Waals surface area contributed by atoms with E-state index < -0.39 is 10.9 Å². The number of benzene rings is 1. The third kappa shape index (κ3) is 3.17. The minimum Gasteiger partial charge on any atom is -0.495 e. The van der Waals surface area contributed by atoms with Crippen LogP contribution < -0.4 is 10.1 Å². The summed E-state index contributed by atoms with van der Waals surface area (Å²) in [6.07, 6.45) is 0. The predicted molar refractivity (Wildman–Crippen MR) is 89.4 cm³/mol. The zero-order chi connectivity index (χ0) is 16.4. The van der Waals surface area contributed by atoms with Gasteiger partial charge in [0.05, 0.1) is 17.5 Å². The van der Waals surface area contributed by atoms with Crippen LogP contribution in [0.15, 0.2) is 29.6 Å². The van der Waals surface area contributed by atoms with Crippen molar-refractivity contribution in [3.63, 3.8) is 0 Å². The van der Waals surface area contributed by atoms with Crippen molar-refractivity contribution in [2.45, 2.75) is 6.54 Å². The molecule has 7 nitrogen and oxygen atoms in total. The van der Waals surface area contributed by atoms with Gasteiger partial charge in [0.25, 0.3) is 0 Å². The summed E-state index contributed by atoms with van der Waals surface area (Å²) in [5.74, 6) is 0.596. The van der Waals surface area contributed by atoms with Gasteiger partial charge >= 0.3 is 5.95 Å². The SMILES string of the molecule is COc1ccc(CNc2nc([N+](=O)[O-])nc3sccc23)cc1Cl. The molecule has 0 spiro atoms. The number of anilines is 1. The number of ether oxygens (including phenoxy) is 1. The number of halogens is 1. The number of aromatic nitrogens is 2. The van der Waals surface area contributed by atoms with Gasteiger partial charge in [-0.2, -0.15) is 0 Å². The maximum Gasteiger partial charge on any atom is 0.472 e. The van der Waals surface area contributed by atoms with Gasteiger partial charge in [-0.3, -0.25) is 0 Å². The number of hydrogen-bond acceptors (Lipinski definition) is 7. The average molecular weight is 351 g/mol. The van der Waals surface area contributed by atoms with Gasteiger partial charge in [0, 0.05) is 6.54 Å². The number of nitrogens with one attached hydrogen (secondary N) is 1. The van der Waals surface area contributed by atoms with Crippen LogP contribution in [0.1, 0.15) is 5.56 Å². The van der Waals surface area contributed by atoms with Crippen LogP contribution in [0.3, 0.4) is 0 Å². The normalized spacial score (nSPS) is 10.7. The van der Waals surface area contributed by atoms with Crippen LogP contribution in [0.5, 0.6) is 5.75 Å². The standard InChI is InChI=1S/C14H11ClN4O3S/c1-22-11-3-2-8(6-10(11)15)7-16-12-9-4-5-23-13(9)18-14(17-12)19(20)21/h2-6H,7H2,1H3,(H,16,17,18). The number of thiophene rings is 1. The van der Waals surface area contributed by atoms with Gasteiger partial charge in [-0.05, 0) is 39.0 Å². The van der Waals surface area contributed by atoms with Crippen LogP contribution in [0.25, 0.3) is 10.2 Å². The Bertz CT molecular complexity index is 884. The molecule has 0 aliphatic carbocycles. The van der Waals surface area contributed by atoms with Crippen LogP contribution in [-0.2, 0) is 6.54 Å². The molecule has 0 fully saturated rings. The Morgan fingerprint density at radius 3 is 2.91 bits per heavy atom. The Morgan fingerprint density at radius 2 is 2.22 bits per heavy atom. The van der Waals surface area contributed by atoms with E-state index in [1.54, 1.807) is 19.2 Å². The van der Waals surface area contributed by atoms with Crippen molar-refractivity contribution < 1.29 is 9.66 Å². The molecule has 0 aliphatic heterocycles. The second kappa shape index (κ2) is 6.35. The number of nitro groups is 1. The lowest BCUT2D eigenvalue weighted by Gasteiger charge is -2.07. The van der Waals surface area contributed by atoms with E-state index in [4.69, 9.17) is 16.3 Å². The molecule has 1 N–H and O–H groups in total. The lowest BCUT2D eigenvalue weighted by molar-refractivity contribution is -0.394. The van der Waals surface area contributed by atoms with E-state index in [2.05, 4.69) is 15.3 Å². The van der Waals surface area contributed by atoms with Gasteiger partial charge in [0.15, 0.2) is 0 Å². The van der Waals surface area contributed by atoms with Gasteiger partial charge < -0.3 is 20.2 Å². The Hall–Kier alpha value is -2.45. The summed E-state index contributed by atoms with van der Waals surface area (Å²) in [4.78, 5) is 18.8. The van der Waals surface area contributed by atoms with Gasteiger partial charge in [-0.25, -0.2) is 0 Å². The molecule has 0 atom stereocenters. The van der Waals surface area contributed by atoms with Crippen molar-refractivity contribution in [3.8, 4) is 5.75 Å². The zero-order valence-corrected chi connectivity index (χ0v) is 13.5. The number of nitrogens with zero attached hydrogens (tertiary/aromatic N) is 3. The molecular formula is C14H11ClN4O3S. The molecule has 0 saturated carbocycles. The summed E-state index contributed by atoms with van der Waals surface area (Å²) in [5.41, 5.74) is 0.903. The van der Waals surface area contributed by atoms with Crippen LogP contribution in [0.4, 0.5) is 11.8 Å². The molecule has 2 aromatic heterocycles. The fourth-order valence-corrected chi connectivity index (χ4v) is 3.11. The molecule has 2 heterocycles. The third-order valence-electron chi connectivity index (χ3n) is 3.15. The highest BCUT2D eigenvalue weighted by Crippen LogP contribution is 2.28. The second-order valence-corrected chi connectivity index (χ2v) is 5.89. The van der Waals surface area contributed by atoms with E-state index in [0.717, 1.165) is 10.9 Å². The minimum absolute atomic E-state index is 0.419. The molecule has 0 radical (unpaired) electrons. The molecule has 0 unspecified atom stereocenters. The van der Waals surface area contributed by atoms with Crippen LogP contribution in [0.2, 0.25) is 5.02 Å². The first-order valence-corrected chi connectivity index (χ1v) is 7.80. The highest BCUT2D eigenvalue weighted by molar-refractivity contribution is 7.16. The van der Waals surface area contributed by atoms with Crippen molar-refractivity contribution in [1.29, 1.82) is 0 Å². The summed E-state index contributed by atoms with van der Waals surface area (Å²) in [7, 11) is 1.55. The van der Waals surface area contributed by atoms with Crippen LogP contribution in [0, 0.1) is 10.1 Å². The summed E-state index contributed by atoms with van der Waals surface area (Å²) < 4.78 is 5.11. The first-order valence-electron chi connectivity index (χ1n) is 6.54. The Labute approximate surface area is 140 Å². The molecule has 0 aliphatic rings. The van der Waals surface area contributed by atoms with Crippen molar-refractivity contribution in [2.75, 3.05) is 12.4 Å². The van der Waals surface area contributed by atoms with E-state index in [9.17, 15) is 10.1 Å². The second-order valence-electron chi connectivity index (χ2n) is 4.59. The molecule has 23 heavy (non-hydrogen) atoms. The third-order valence-corrected chi connectivity index (χ3v) is 4.25. The topological polar surface area (TPSA) is 90.2 Å². The van der Waals surface area contributed by atoms with Crippen molar-refractivity contribution in [3.05, 3.63) is 50.3 Å². The van der Waals surface area contributed by atoms with Gasteiger partial charge in [0.1, 0.15) is 5.75 Å². The van der Waals surface area contributed by atoms with Crippen LogP contribution >= 0.6 is 22.9 Å². The van der Waals surface area contributed by atoms with Gasteiger partial charge in [0.2, 0.25) is 10.6 Å². The maximum atomic E-state index is 10.9. The van der Waals surface area contributed by atoms with E-state index in [0.29, 0.717) is 28.0 Å². The Kier molecular flexibility index (Phi) is 4.26. The number of methoxy groups -OCH3 is 1. The highest BCUT2D eigenvalue weighted by Gasteiger charge is 2.18. The van der Waals surface area contributed by atoms with Gasteiger partial charge in [-0.1, -0.05) is 22.7 Å². The molecule has 0 bridgehead atoms. The largest absolute Gasteiger partial charge is 0.495 e. The Morgan fingerprint density at radius 1 is 1.39 bits per heavy atom. The van der Waals surface area contributed by atoms with Crippen molar-refractivity contribution >= 4 is 44.9 Å². The van der Waals surface area contributed by atoms with Crippen molar-refractivity contribution in [1.82, 2.24) is 9.97 Å². The molecule has 118 valence electrons. The Balaban J connectivity index is 1.88. The fraction of sp³-hybridized carbons (Fsp3) is 0.143. The molecule has 0 amide bonds. The van der Waals surface area contributed by atoms with E-state index in [1.807, 2.05) is 17.5 Å². The number of rotatable bonds is 5. The highest BCUT2D eigenvalue weighted by atomic mass is 35.5. The number of fused-ring (bicyclic) bond motifs is 1. The summed E-state index contributed by atoms with van der Waals surface area (Å²) >= 11 is 7.42. The van der Waals surface area contributed by atoms with E-state index in [-0.39, 0.29) is 0 Å². The number of hydrogen-bond donors (Lipinski definition) is 1. The molecule has 0 saturated heterocycles. The molecule has 3 rings (SSSR count). The lowest BCUT2D eigenvalue weighted by atomic mass is 10.2. The molecule has 9 heteroatoms. The first kappa shape index (κ1) is 15.4. The predicted octanol–water partition coefficient (Wildman–Crippen LogP) is 3.87. The van der Waals surface area contributed by atoms with Gasteiger partial charge in [-0.15, -0.1) is 11.3 Å². The molecular weight excluding hydrogens is 340 g/mol. The van der Waals surface area contributed by atoms with E-state index >= 15 is 0 Å². The lowest BCUT2D eigenvalue weighted by Crippen LogP contribution is -2.05. The average Bonchev–Trinajstić information content (AvgIpc) is 3.01. The quantitative estimate of drug-likeness (QED) is 0.554.